The Morgan fingerprint density at radius 2 is 2.00 bits per heavy atom. The Labute approximate surface area is 139 Å². The number of carboxylic acids is 1. The third-order valence-corrected chi connectivity index (χ3v) is 6.11. The Balaban J connectivity index is 1.82. The Morgan fingerprint density at radius 1 is 1.25 bits per heavy atom. The molecule has 0 spiro atoms. The van der Waals surface area contributed by atoms with E-state index in [4.69, 9.17) is 14.3 Å². The molecule has 0 saturated carbocycles. The lowest BCUT2D eigenvalue weighted by Gasteiger charge is -2.29. The van der Waals surface area contributed by atoms with Crippen molar-refractivity contribution in [2.45, 2.75) is 31.4 Å². The van der Waals surface area contributed by atoms with Gasteiger partial charge in [-0.1, -0.05) is 0 Å². The minimum absolute atomic E-state index is 0.0471. The summed E-state index contributed by atoms with van der Waals surface area (Å²) in [4.78, 5) is 25.1. The van der Waals surface area contributed by atoms with Gasteiger partial charge in [-0.25, -0.2) is 13.2 Å². The molecule has 0 bridgehead atoms. The van der Waals surface area contributed by atoms with E-state index in [9.17, 15) is 18.0 Å². The zero-order valence-corrected chi connectivity index (χ0v) is 13.8. The van der Waals surface area contributed by atoms with Crippen LogP contribution in [0.2, 0.25) is 0 Å². The highest BCUT2D eigenvalue weighted by molar-refractivity contribution is 7.91. The molecule has 1 amide bonds. The number of carbonyl (C=O) groups is 2. The van der Waals surface area contributed by atoms with Crippen molar-refractivity contribution in [2.75, 3.05) is 24.7 Å². The van der Waals surface area contributed by atoms with Crippen molar-refractivity contribution < 1.29 is 32.3 Å². The van der Waals surface area contributed by atoms with E-state index in [2.05, 4.69) is 0 Å². The molecule has 2 atom stereocenters. The first-order valence-electron chi connectivity index (χ1n) is 7.82. The van der Waals surface area contributed by atoms with Gasteiger partial charge in [0.1, 0.15) is 0 Å². The van der Waals surface area contributed by atoms with Crippen molar-refractivity contribution in [2.24, 2.45) is 0 Å². The number of rotatable bonds is 5. The zero-order chi connectivity index (χ0) is 17.3. The molecular weight excluding hydrogens is 338 g/mol. The third kappa shape index (κ3) is 3.62. The predicted octanol–water partition coefficient (Wildman–Crippen LogP) is 0.786. The standard InChI is InChI=1S/C15H19NO7S/c17-14(12-3-4-13(23-12)15(18)19)16(8-11-2-1-6-22-11)10-5-7-24(20,21)9-10/h3-4,10-11H,1-2,5-9H2,(H,18,19). The first-order chi connectivity index (χ1) is 11.4. The lowest BCUT2D eigenvalue weighted by molar-refractivity contribution is 0.0415. The van der Waals surface area contributed by atoms with Crippen LogP contribution in [0.5, 0.6) is 0 Å². The van der Waals surface area contributed by atoms with Crippen LogP contribution < -0.4 is 0 Å². The van der Waals surface area contributed by atoms with E-state index in [0.717, 1.165) is 12.8 Å². The number of aromatic carboxylic acids is 1. The Morgan fingerprint density at radius 3 is 2.54 bits per heavy atom. The molecular formula is C15H19NO7S. The SMILES string of the molecule is O=C(O)c1ccc(C(=O)N(CC2CCCO2)C2CCS(=O)(=O)C2)o1. The summed E-state index contributed by atoms with van der Waals surface area (Å²) in [7, 11) is -3.16. The lowest BCUT2D eigenvalue weighted by Crippen LogP contribution is -2.45. The first kappa shape index (κ1) is 17.0. The second kappa shape index (κ2) is 6.56. The van der Waals surface area contributed by atoms with E-state index < -0.39 is 27.8 Å². The molecule has 3 rings (SSSR count). The molecule has 2 fully saturated rings. The molecule has 0 aliphatic carbocycles. The smallest absolute Gasteiger partial charge is 0.371 e. The maximum atomic E-state index is 12.8. The van der Waals surface area contributed by atoms with Crippen molar-refractivity contribution in [3.05, 3.63) is 23.7 Å². The average molecular weight is 357 g/mol. The molecule has 8 nitrogen and oxygen atoms in total. The monoisotopic (exact) mass is 357 g/mol. The summed E-state index contributed by atoms with van der Waals surface area (Å²) in [5.41, 5.74) is 0. The molecule has 3 heterocycles. The van der Waals surface area contributed by atoms with Gasteiger partial charge in [-0.15, -0.1) is 0 Å². The molecule has 1 N–H and O–H groups in total. The van der Waals surface area contributed by atoms with E-state index in [1.807, 2.05) is 0 Å². The van der Waals surface area contributed by atoms with Crippen LogP contribution >= 0.6 is 0 Å². The minimum atomic E-state index is -3.16. The number of nitrogens with zero attached hydrogens (tertiary/aromatic N) is 1. The van der Waals surface area contributed by atoms with E-state index in [1.54, 1.807) is 0 Å². The minimum Gasteiger partial charge on any atom is -0.475 e. The van der Waals surface area contributed by atoms with Crippen LogP contribution in [-0.2, 0) is 14.6 Å². The Kier molecular flexibility index (Phi) is 4.64. The second-order valence-electron chi connectivity index (χ2n) is 6.12. The summed E-state index contributed by atoms with van der Waals surface area (Å²) in [5, 5.41) is 8.91. The number of carboxylic acid groups (broad SMARTS) is 1. The number of ether oxygens (including phenoxy) is 1. The van der Waals surface area contributed by atoms with Gasteiger partial charge in [-0.2, -0.15) is 0 Å². The molecule has 1 aromatic heterocycles. The summed E-state index contributed by atoms with van der Waals surface area (Å²) in [6.07, 6.45) is 1.94. The predicted molar refractivity (Wildman–Crippen MR) is 82.7 cm³/mol. The third-order valence-electron chi connectivity index (χ3n) is 4.36. The van der Waals surface area contributed by atoms with E-state index in [0.29, 0.717) is 13.0 Å². The number of hydrogen-bond acceptors (Lipinski definition) is 6. The number of furan rings is 1. The highest BCUT2D eigenvalue weighted by atomic mass is 32.2. The van der Waals surface area contributed by atoms with E-state index >= 15 is 0 Å². The molecule has 132 valence electrons. The van der Waals surface area contributed by atoms with Crippen LogP contribution in [0.3, 0.4) is 0 Å². The van der Waals surface area contributed by atoms with Crippen molar-refractivity contribution in [3.8, 4) is 0 Å². The number of carbonyl (C=O) groups excluding carboxylic acids is 1. The molecule has 0 aromatic carbocycles. The number of sulfone groups is 1. The number of hydrogen-bond donors (Lipinski definition) is 1. The molecule has 2 aliphatic heterocycles. The quantitative estimate of drug-likeness (QED) is 0.828. The first-order valence-corrected chi connectivity index (χ1v) is 9.64. The molecule has 2 saturated heterocycles. The fourth-order valence-corrected chi connectivity index (χ4v) is 4.87. The van der Waals surface area contributed by atoms with Gasteiger partial charge >= 0.3 is 5.97 Å². The molecule has 2 aliphatic rings. The Bertz CT molecular complexity index is 733. The van der Waals surface area contributed by atoms with Gasteiger partial charge in [-0.3, -0.25) is 4.79 Å². The van der Waals surface area contributed by atoms with Gasteiger partial charge in [0.25, 0.3) is 5.91 Å². The molecule has 2 unspecified atom stereocenters. The fraction of sp³-hybridized carbons (Fsp3) is 0.600. The summed E-state index contributed by atoms with van der Waals surface area (Å²) in [5.74, 6) is -2.23. The van der Waals surface area contributed by atoms with Crippen LogP contribution in [0.4, 0.5) is 0 Å². The lowest BCUT2D eigenvalue weighted by atomic mass is 10.1. The maximum Gasteiger partial charge on any atom is 0.371 e. The second-order valence-corrected chi connectivity index (χ2v) is 8.35. The van der Waals surface area contributed by atoms with Crippen LogP contribution in [0.25, 0.3) is 0 Å². The summed E-state index contributed by atoms with van der Waals surface area (Å²) in [6, 6.07) is 2.08. The van der Waals surface area contributed by atoms with Crippen LogP contribution in [0.1, 0.15) is 40.4 Å². The van der Waals surface area contributed by atoms with Crippen LogP contribution in [0.15, 0.2) is 16.5 Å². The van der Waals surface area contributed by atoms with Gasteiger partial charge in [-0.05, 0) is 31.4 Å². The maximum absolute atomic E-state index is 12.8. The van der Waals surface area contributed by atoms with Gasteiger partial charge in [0, 0.05) is 19.2 Å². The summed E-state index contributed by atoms with van der Waals surface area (Å²) in [6.45, 7) is 0.904. The van der Waals surface area contributed by atoms with Gasteiger partial charge in [0.05, 0.1) is 17.6 Å². The average Bonchev–Trinajstić information content (AvgIpc) is 3.24. The summed E-state index contributed by atoms with van der Waals surface area (Å²) < 4.78 is 34.2. The van der Waals surface area contributed by atoms with Crippen molar-refractivity contribution in [1.29, 1.82) is 0 Å². The number of amides is 1. The van der Waals surface area contributed by atoms with Crippen LogP contribution in [-0.4, -0.2) is 67.1 Å². The fourth-order valence-electron chi connectivity index (χ4n) is 3.14. The van der Waals surface area contributed by atoms with Gasteiger partial charge in [0.2, 0.25) is 5.76 Å². The van der Waals surface area contributed by atoms with Crippen LogP contribution in [0, 0.1) is 0 Å². The Hall–Kier alpha value is -1.87. The molecule has 1 aromatic rings. The van der Waals surface area contributed by atoms with E-state index in [1.165, 1.54) is 17.0 Å². The van der Waals surface area contributed by atoms with Gasteiger partial charge < -0.3 is 19.2 Å². The molecule has 24 heavy (non-hydrogen) atoms. The van der Waals surface area contributed by atoms with Crippen molar-refractivity contribution in [3.63, 3.8) is 0 Å². The normalized spacial score (nSPS) is 25.7. The van der Waals surface area contributed by atoms with Gasteiger partial charge in [0.15, 0.2) is 15.6 Å². The largest absolute Gasteiger partial charge is 0.475 e. The highest BCUT2D eigenvalue weighted by Crippen LogP contribution is 2.24. The zero-order valence-electron chi connectivity index (χ0n) is 13.0. The summed E-state index contributed by atoms with van der Waals surface area (Å²) >= 11 is 0. The van der Waals surface area contributed by atoms with E-state index in [-0.39, 0.29) is 35.7 Å². The van der Waals surface area contributed by atoms with Crippen molar-refractivity contribution in [1.82, 2.24) is 4.90 Å². The highest BCUT2D eigenvalue weighted by Gasteiger charge is 2.37. The molecule has 0 radical (unpaired) electrons. The molecule has 9 heteroatoms. The van der Waals surface area contributed by atoms with Crippen molar-refractivity contribution >= 4 is 21.7 Å². The topological polar surface area (TPSA) is 114 Å².